The van der Waals surface area contributed by atoms with E-state index in [4.69, 9.17) is 5.73 Å². The van der Waals surface area contributed by atoms with Gasteiger partial charge in [0, 0.05) is 12.1 Å². The third-order valence-corrected chi connectivity index (χ3v) is 20.1. The van der Waals surface area contributed by atoms with Crippen LogP contribution < -0.4 is 10.5 Å². The molecule has 1 aromatic rings. The molecule has 0 aromatic heterocycles. The first kappa shape index (κ1) is 55.3. The van der Waals surface area contributed by atoms with Gasteiger partial charge >= 0.3 is 0 Å². The molecule has 7 rings (SSSR count). The van der Waals surface area contributed by atoms with Gasteiger partial charge in [0.15, 0.2) is 0 Å². The second-order valence-corrected chi connectivity index (χ2v) is 28.1. The predicted octanol–water partition coefficient (Wildman–Crippen LogP) is 14.9. The molecule has 6 aliphatic carbocycles. The highest BCUT2D eigenvalue weighted by atomic mass is 32.2. The van der Waals surface area contributed by atoms with Crippen LogP contribution >= 0.6 is 0 Å². The molecule has 68 heavy (non-hydrogen) atoms. The van der Waals surface area contributed by atoms with Crippen molar-refractivity contribution in [3.05, 3.63) is 76.4 Å². The highest BCUT2D eigenvalue weighted by Crippen LogP contribution is 2.61. The van der Waals surface area contributed by atoms with Crippen molar-refractivity contribution in [3.8, 4) is 0 Å². The van der Waals surface area contributed by atoms with E-state index in [-0.39, 0.29) is 10.9 Å². The average Bonchev–Trinajstić information content (AvgIpc) is 3.78. The van der Waals surface area contributed by atoms with E-state index < -0.39 is 21.7 Å². The molecule has 7 heteroatoms. The summed E-state index contributed by atoms with van der Waals surface area (Å²) in [7, 11) is -3.63. The molecule has 6 nitrogen and oxygen atoms in total. The van der Waals surface area contributed by atoms with Gasteiger partial charge in [-0.05, 0) is 206 Å². The van der Waals surface area contributed by atoms with Crippen LogP contribution in [-0.4, -0.2) is 42.4 Å². The monoisotopic (exact) mass is 957 g/mol. The van der Waals surface area contributed by atoms with Crippen molar-refractivity contribution < 1.29 is 18.6 Å². The summed E-state index contributed by atoms with van der Waals surface area (Å²) in [5.74, 6) is 5.37. The molecule has 0 unspecified atom stereocenters. The van der Waals surface area contributed by atoms with Gasteiger partial charge in [-0.3, -0.25) is 0 Å². The normalized spacial score (nSPS) is 35.8. The van der Waals surface area contributed by atoms with Gasteiger partial charge in [0.1, 0.15) is 0 Å². The minimum Gasteiger partial charge on any atom is -0.393 e. The fraction of sp³-hybridized carbons (Fsp3) is 0.770. The van der Waals surface area contributed by atoms with Gasteiger partial charge < -0.3 is 15.9 Å². The summed E-state index contributed by atoms with van der Waals surface area (Å²) in [6.45, 7) is 25.4. The number of aliphatic hydroxyl groups is 2. The van der Waals surface area contributed by atoms with Crippen molar-refractivity contribution in [2.24, 2.45) is 63.4 Å². The van der Waals surface area contributed by atoms with Crippen molar-refractivity contribution in [1.29, 1.82) is 0 Å². The molecule has 0 bridgehead atoms. The van der Waals surface area contributed by atoms with Gasteiger partial charge in [-0.1, -0.05) is 145 Å². The Labute approximate surface area is 417 Å². The highest BCUT2D eigenvalue weighted by molar-refractivity contribution is 7.89. The predicted molar refractivity (Wildman–Crippen MR) is 287 cm³/mol. The SMILES string of the molecule is C[C@@H]1C/C(=C/C=C2\CCC[C@]3(C)[C@@H]([C@H](C)CCCC(C)(C)C)CC[C@@H]23)C[C@@H](N)C1.Cc1ccc(S(=O)(=O)N[C@@H]2C/C(=C\C=C3/CCC[C@]4(C)[C@@H]([C@H](C)CCCC(C)(C)O)CC[C@@H]34)C[C@@H](O)C2)cc1. The van der Waals surface area contributed by atoms with E-state index in [9.17, 15) is 18.6 Å². The molecule has 6 aliphatic rings. The third-order valence-electron chi connectivity index (χ3n) is 18.6. The zero-order valence-electron chi connectivity index (χ0n) is 45.1. The lowest BCUT2D eigenvalue weighted by Gasteiger charge is -2.44. The molecule has 12 atom stereocenters. The molecule has 0 amide bonds. The van der Waals surface area contributed by atoms with Crippen LogP contribution in [0.3, 0.4) is 0 Å². The Balaban J connectivity index is 0.000000234. The fourth-order valence-corrected chi connectivity index (χ4v) is 16.5. The summed E-state index contributed by atoms with van der Waals surface area (Å²) in [4.78, 5) is 0.271. The quantitative estimate of drug-likeness (QED) is 0.148. The maximum Gasteiger partial charge on any atom is 0.240 e. The van der Waals surface area contributed by atoms with E-state index in [1.54, 1.807) is 28.9 Å². The first-order valence-electron chi connectivity index (χ1n) is 27.9. The molecule has 0 saturated heterocycles. The van der Waals surface area contributed by atoms with E-state index in [0.717, 1.165) is 66.4 Å². The molecular weight excluding hydrogens is 857 g/mol. The Kier molecular flexibility index (Phi) is 18.9. The number of aliphatic hydroxyl groups excluding tert-OH is 1. The molecule has 384 valence electrons. The topological polar surface area (TPSA) is 113 Å². The van der Waals surface area contributed by atoms with Crippen LogP contribution in [0.25, 0.3) is 0 Å². The first-order chi connectivity index (χ1) is 31.8. The number of nitrogens with two attached hydrogens (primary N) is 1. The van der Waals surface area contributed by atoms with Crippen LogP contribution in [0.4, 0.5) is 0 Å². The van der Waals surface area contributed by atoms with E-state index >= 15 is 0 Å². The van der Waals surface area contributed by atoms with Gasteiger partial charge in [-0.2, -0.15) is 0 Å². The van der Waals surface area contributed by atoms with Gasteiger partial charge in [0.05, 0.1) is 16.6 Å². The van der Waals surface area contributed by atoms with Crippen LogP contribution in [-0.2, 0) is 10.0 Å². The zero-order chi connectivity index (χ0) is 49.7. The molecule has 0 spiro atoms. The number of aryl methyl sites for hydroxylation is 1. The Hall–Kier alpha value is -2.03. The second-order valence-electron chi connectivity index (χ2n) is 26.4. The molecular formula is C61H100N2O4S. The lowest BCUT2D eigenvalue weighted by atomic mass is 9.60. The number of rotatable bonds is 14. The van der Waals surface area contributed by atoms with E-state index in [0.29, 0.717) is 53.4 Å². The van der Waals surface area contributed by atoms with Crippen molar-refractivity contribution in [2.75, 3.05) is 0 Å². The maximum absolute atomic E-state index is 13.0. The number of fused-ring (bicyclic) bond motifs is 2. The molecule has 0 heterocycles. The molecule has 0 radical (unpaired) electrons. The third kappa shape index (κ3) is 14.8. The van der Waals surface area contributed by atoms with Crippen molar-refractivity contribution in [1.82, 2.24) is 4.72 Å². The second kappa shape index (κ2) is 23.2. The maximum atomic E-state index is 13.0. The Bertz CT molecular complexity index is 2020. The molecule has 5 N–H and O–H groups in total. The van der Waals surface area contributed by atoms with Crippen LogP contribution in [0.2, 0.25) is 0 Å². The standard InChI is InChI=1S/C33H51NO4S.C28H49N/c1-23-10-14-29(15-11-23)39(37,38)34-27-20-25(21-28(35)22-27)12-13-26-9-7-19-33(5)30(16-17-31(26)33)24(2)8-6-18-32(3,4)36;1-20-17-22(19-24(29)18-20)11-12-23-10-8-16-28(6)25(13-14-26(23)28)21(2)9-7-15-27(3,4)5/h10-15,24,27-28,30-31,34-36H,6-9,16-22H2,1-5H3;11-12,20-21,24-26H,7-10,13-19,29H2,1-6H3/b25-12+,26-13+;22-11-,23-12+/t24-,27-,28-,30-,31+,33-;20-,21-,24+,25-,26+,28-/m11/s1. The van der Waals surface area contributed by atoms with Crippen LogP contribution in [0.5, 0.6) is 0 Å². The van der Waals surface area contributed by atoms with E-state index in [1.807, 2.05) is 32.9 Å². The lowest BCUT2D eigenvalue weighted by Crippen LogP contribution is -2.40. The Morgan fingerprint density at radius 1 is 0.750 bits per heavy atom. The number of hydrogen-bond acceptors (Lipinski definition) is 5. The summed E-state index contributed by atoms with van der Waals surface area (Å²) in [5, 5.41) is 20.7. The number of hydrogen-bond donors (Lipinski definition) is 4. The van der Waals surface area contributed by atoms with Crippen LogP contribution in [0.1, 0.15) is 216 Å². The van der Waals surface area contributed by atoms with Crippen LogP contribution in [0.15, 0.2) is 75.8 Å². The molecule has 6 saturated carbocycles. The van der Waals surface area contributed by atoms with Gasteiger partial charge in [-0.15, -0.1) is 0 Å². The van der Waals surface area contributed by atoms with Gasteiger partial charge in [0.2, 0.25) is 10.0 Å². The minimum absolute atomic E-state index is 0.271. The number of allylic oxidation sites excluding steroid dienone is 6. The van der Waals surface area contributed by atoms with Crippen molar-refractivity contribution in [3.63, 3.8) is 0 Å². The number of nitrogens with one attached hydrogen (secondary N) is 1. The average molecular weight is 958 g/mol. The van der Waals surface area contributed by atoms with Crippen molar-refractivity contribution in [2.45, 2.75) is 246 Å². The van der Waals surface area contributed by atoms with Crippen molar-refractivity contribution >= 4 is 10.0 Å². The van der Waals surface area contributed by atoms with E-state index in [1.165, 1.54) is 96.3 Å². The summed E-state index contributed by atoms with van der Waals surface area (Å²) in [5.41, 5.74) is 14.1. The summed E-state index contributed by atoms with van der Waals surface area (Å²) in [6.07, 6.45) is 34.8. The minimum atomic E-state index is -3.63. The number of benzene rings is 1. The summed E-state index contributed by atoms with van der Waals surface area (Å²) in [6, 6.07) is 6.97. The van der Waals surface area contributed by atoms with Gasteiger partial charge in [-0.25, -0.2) is 13.1 Å². The first-order valence-corrected chi connectivity index (χ1v) is 29.4. The largest absolute Gasteiger partial charge is 0.393 e. The summed E-state index contributed by atoms with van der Waals surface area (Å²) >= 11 is 0. The molecule has 1 aromatic carbocycles. The highest BCUT2D eigenvalue weighted by Gasteiger charge is 2.52. The molecule has 0 aliphatic heterocycles. The zero-order valence-corrected chi connectivity index (χ0v) is 46.0. The fourth-order valence-electron chi connectivity index (χ4n) is 15.2. The summed E-state index contributed by atoms with van der Waals surface area (Å²) < 4.78 is 28.8. The molecule has 6 fully saturated rings. The Morgan fingerprint density at radius 3 is 1.76 bits per heavy atom. The lowest BCUT2D eigenvalue weighted by molar-refractivity contribution is 0.0596. The van der Waals surface area contributed by atoms with Gasteiger partial charge in [0.25, 0.3) is 0 Å². The smallest absolute Gasteiger partial charge is 0.240 e. The van der Waals surface area contributed by atoms with E-state index in [2.05, 4.69) is 84.4 Å². The van der Waals surface area contributed by atoms with Crippen LogP contribution in [0, 0.1) is 64.6 Å². The Morgan fingerprint density at radius 2 is 1.26 bits per heavy atom. The number of sulfonamides is 1.